The molecule has 0 spiro atoms. The number of hydrogen-bond acceptors (Lipinski definition) is 4. The molecule has 0 saturated heterocycles. The van der Waals surface area contributed by atoms with Crippen LogP contribution in [0.25, 0.3) is 0 Å². The fourth-order valence-electron chi connectivity index (χ4n) is 3.49. The van der Waals surface area contributed by atoms with Crippen LogP contribution in [0.5, 0.6) is 0 Å². The van der Waals surface area contributed by atoms with Crippen molar-refractivity contribution in [1.29, 1.82) is 0 Å². The summed E-state index contributed by atoms with van der Waals surface area (Å²) in [5.74, 6) is -0.231. The molecule has 2 aromatic rings. The van der Waals surface area contributed by atoms with Gasteiger partial charge in [-0.2, -0.15) is 0 Å². The highest BCUT2D eigenvalue weighted by molar-refractivity contribution is 7.80. The maximum Gasteiger partial charge on any atom is 0.159 e. The Hall–Kier alpha value is -2.44. The normalized spacial score (nSPS) is 10.5. The Morgan fingerprint density at radius 2 is 1.03 bits per heavy atom. The van der Waals surface area contributed by atoms with Crippen LogP contribution >= 0.6 is 24.4 Å². The zero-order chi connectivity index (χ0) is 24.1. The van der Waals surface area contributed by atoms with E-state index in [1.807, 2.05) is 70.5 Å². The van der Waals surface area contributed by atoms with Gasteiger partial charge in [-0.25, -0.2) is 0 Å². The zero-order valence-corrected chi connectivity index (χ0v) is 21.3. The van der Waals surface area contributed by atoms with Gasteiger partial charge in [0.2, 0.25) is 0 Å². The number of rotatable bonds is 14. The SMILES string of the molecule is CCCCN(CC(=O)CC(=O)CN(CCCC)C(=S)c1ccccc1)C(=S)c1ccccc1. The third-order valence-corrected chi connectivity index (χ3v) is 6.30. The Balaban J connectivity index is 2.01. The Kier molecular flexibility index (Phi) is 11.9. The van der Waals surface area contributed by atoms with Gasteiger partial charge in [-0.1, -0.05) is 112 Å². The number of benzene rings is 2. The minimum absolute atomic E-state index is 0.111. The van der Waals surface area contributed by atoms with Crippen molar-refractivity contribution < 1.29 is 9.59 Å². The summed E-state index contributed by atoms with van der Waals surface area (Å²) in [5.41, 5.74) is 1.84. The van der Waals surface area contributed by atoms with Crippen LogP contribution in [0.4, 0.5) is 0 Å². The number of unbranched alkanes of at least 4 members (excludes halogenated alkanes) is 2. The van der Waals surface area contributed by atoms with Crippen LogP contribution in [-0.4, -0.2) is 57.5 Å². The highest BCUT2D eigenvalue weighted by atomic mass is 32.1. The summed E-state index contributed by atoms with van der Waals surface area (Å²) in [7, 11) is 0. The Morgan fingerprint density at radius 1 is 0.667 bits per heavy atom. The molecule has 0 bridgehead atoms. The van der Waals surface area contributed by atoms with Crippen molar-refractivity contribution in [3.8, 4) is 0 Å². The zero-order valence-electron chi connectivity index (χ0n) is 19.7. The summed E-state index contributed by atoms with van der Waals surface area (Å²) in [6, 6.07) is 19.4. The Bertz CT molecular complexity index is 841. The largest absolute Gasteiger partial charge is 0.355 e. The predicted octanol–water partition coefficient (Wildman–Crippen LogP) is 5.47. The number of hydrogen-bond donors (Lipinski definition) is 0. The molecule has 0 unspecified atom stereocenters. The number of ketones is 2. The summed E-state index contributed by atoms with van der Waals surface area (Å²) >= 11 is 11.3. The molecule has 2 rings (SSSR count). The molecule has 0 aromatic heterocycles. The predicted molar refractivity (Wildman–Crippen MR) is 144 cm³/mol. The van der Waals surface area contributed by atoms with Gasteiger partial charge in [-0.15, -0.1) is 0 Å². The maximum atomic E-state index is 12.8. The topological polar surface area (TPSA) is 40.6 Å². The number of Topliss-reactive ketones (excluding diaryl/α,β-unsaturated/α-hetero) is 2. The van der Waals surface area contributed by atoms with E-state index in [1.165, 1.54) is 0 Å². The molecule has 0 radical (unpaired) electrons. The fraction of sp³-hybridized carbons (Fsp3) is 0.407. The van der Waals surface area contributed by atoms with Gasteiger partial charge in [0.05, 0.1) is 19.5 Å². The number of nitrogens with zero attached hydrogens (tertiary/aromatic N) is 2. The van der Waals surface area contributed by atoms with Gasteiger partial charge in [-0.3, -0.25) is 9.59 Å². The molecule has 4 nitrogen and oxygen atoms in total. The van der Waals surface area contributed by atoms with E-state index in [9.17, 15) is 9.59 Å². The first-order chi connectivity index (χ1) is 16.0. The van der Waals surface area contributed by atoms with E-state index in [4.69, 9.17) is 24.4 Å². The first-order valence-corrected chi connectivity index (χ1v) is 12.5. The van der Waals surface area contributed by atoms with Crippen molar-refractivity contribution in [1.82, 2.24) is 9.80 Å². The van der Waals surface area contributed by atoms with E-state index in [1.54, 1.807) is 0 Å². The first-order valence-electron chi connectivity index (χ1n) is 11.7. The summed E-state index contributed by atoms with van der Waals surface area (Å²) in [4.78, 5) is 30.8. The molecule has 0 fully saturated rings. The summed E-state index contributed by atoms with van der Waals surface area (Å²) in [6.45, 7) is 5.91. The van der Waals surface area contributed by atoms with Crippen molar-refractivity contribution in [2.75, 3.05) is 26.2 Å². The average molecular weight is 483 g/mol. The van der Waals surface area contributed by atoms with Crippen LogP contribution in [0.15, 0.2) is 60.7 Å². The van der Waals surface area contributed by atoms with Crippen molar-refractivity contribution in [2.45, 2.75) is 46.0 Å². The van der Waals surface area contributed by atoms with Gasteiger partial charge in [0.1, 0.15) is 9.98 Å². The van der Waals surface area contributed by atoms with Crippen LogP contribution in [-0.2, 0) is 9.59 Å². The summed E-state index contributed by atoms with van der Waals surface area (Å²) < 4.78 is 0. The van der Waals surface area contributed by atoms with E-state index in [-0.39, 0.29) is 31.1 Å². The molecule has 0 atom stereocenters. The van der Waals surface area contributed by atoms with E-state index in [0.29, 0.717) is 23.1 Å². The summed E-state index contributed by atoms with van der Waals surface area (Å²) in [5, 5.41) is 0. The number of carbonyl (C=O) groups is 2. The van der Waals surface area contributed by atoms with Crippen molar-refractivity contribution in [3.63, 3.8) is 0 Å². The molecule has 0 aliphatic carbocycles. The minimum Gasteiger partial charge on any atom is -0.355 e. The monoisotopic (exact) mass is 482 g/mol. The van der Waals surface area contributed by atoms with Gasteiger partial charge in [0, 0.05) is 24.2 Å². The lowest BCUT2D eigenvalue weighted by Crippen LogP contribution is -2.39. The van der Waals surface area contributed by atoms with Crippen molar-refractivity contribution >= 4 is 46.0 Å². The van der Waals surface area contributed by atoms with Gasteiger partial charge in [0.15, 0.2) is 11.6 Å². The van der Waals surface area contributed by atoms with Crippen LogP contribution in [0.2, 0.25) is 0 Å². The third-order valence-electron chi connectivity index (χ3n) is 5.31. The highest BCUT2D eigenvalue weighted by Crippen LogP contribution is 2.11. The molecule has 176 valence electrons. The molecule has 0 amide bonds. The minimum atomic E-state index is -0.115. The standard InChI is InChI=1S/C27H34N2O2S2/c1-3-5-17-28(26(32)22-13-9-7-10-14-22)20-24(30)19-25(31)21-29(18-6-4-2)27(33)23-15-11-8-12-16-23/h7-16H,3-6,17-21H2,1-2H3. The lowest BCUT2D eigenvalue weighted by molar-refractivity contribution is -0.127. The van der Waals surface area contributed by atoms with Gasteiger partial charge in [0.25, 0.3) is 0 Å². The molecular weight excluding hydrogens is 448 g/mol. The lowest BCUT2D eigenvalue weighted by Gasteiger charge is -2.26. The smallest absolute Gasteiger partial charge is 0.159 e. The average Bonchev–Trinajstić information content (AvgIpc) is 2.84. The fourth-order valence-corrected chi connectivity index (χ4v) is 4.07. The second kappa shape index (κ2) is 14.7. The number of carbonyl (C=O) groups excluding carboxylic acids is 2. The molecule has 0 N–H and O–H groups in total. The van der Waals surface area contributed by atoms with Crippen LogP contribution in [0.1, 0.15) is 57.1 Å². The third kappa shape index (κ3) is 9.14. The molecule has 0 aliphatic heterocycles. The maximum absolute atomic E-state index is 12.8. The van der Waals surface area contributed by atoms with E-state index >= 15 is 0 Å². The molecular formula is C27H34N2O2S2. The first kappa shape index (κ1) is 26.8. The van der Waals surface area contributed by atoms with Crippen molar-refractivity contribution in [2.24, 2.45) is 0 Å². The van der Waals surface area contributed by atoms with E-state index < -0.39 is 0 Å². The van der Waals surface area contributed by atoms with Gasteiger partial charge in [-0.05, 0) is 12.8 Å². The molecule has 0 saturated carbocycles. The molecule has 6 heteroatoms. The quantitative estimate of drug-likeness (QED) is 0.263. The summed E-state index contributed by atoms with van der Waals surface area (Å²) in [6.07, 6.45) is 3.77. The van der Waals surface area contributed by atoms with Crippen LogP contribution < -0.4 is 0 Å². The second-order valence-corrected chi connectivity index (χ2v) is 8.92. The van der Waals surface area contributed by atoms with Crippen molar-refractivity contribution in [3.05, 3.63) is 71.8 Å². The molecule has 0 heterocycles. The number of thiocarbonyl (C=S) groups is 2. The lowest BCUT2D eigenvalue weighted by atomic mass is 10.1. The highest BCUT2D eigenvalue weighted by Gasteiger charge is 2.20. The molecule has 0 aliphatic rings. The second-order valence-electron chi connectivity index (χ2n) is 8.15. The van der Waals surface area contributed by atoms with Gasteiger partial charge >= 0.3 is 0 Å². The molecule has 2 aromatic carbocycles. The van der Waals surface area contributed by atoms with E-state index in [0.717, 1.165) is 36.8 Å². The van der Waals surface area contributed by atoms with Gasteiger partial charge < -0.3 is 9.80 Å². The Morgan fingerprint density at radius 3 is 1.36 bits per heavy atom. The Labute approximate surface area is 209 Å². The van der Waals surface area contributed by atoms with Crippen LogP contribution in [0.3, 0.4) is 0 Å². The molecule has 33 heavy (non-hydrogen) atoms. The van der Waals surface area contributed by atoms with E-state index in [2.05, 4.69) is 13.8 Å². The van der Waals surface area contributed by atoms with Crippen LogP contribution in [0, 0.1) is 0 Å².